The van der Waals surface area contributed by atoms with Gasteiger partial charge in [0.25, 0.3) is 0 Å². The molecule has 0 saturated heterocycles. The molecule has 2 aromatic carbocycles. The number of hydrogen-bond donors (Lipinski definition) is 2. The minimum atomic E-state index is 0.316. The van der Waals surface area contributed by atoms with Gasteiger partial charge >= 0.3 is 0 Å². The molecule has 3 rings (SSSR count). The van der Waals surface area contributed by atoms with Crippen molar-refractivity contribution in [2.24, 2.45) is 10.7 Å². The molecule has 0 fully saturated rings. The van der Waals surface area contributed by atoms with Crippen molar-refractivity contribution in [3.05, 3.63) is 46.4 Å². The first-order valence-electron chi connectivity index (χ1n) is 7.95. The van der Waals surface area contributed by atoms with Crippen LogP contribution in [0.5, 0.6) is 17.2 Å². The number of methoxy groups -OCH3 is 1. The highest BCUT2D eigenvalue weighted by Crippen LogP contribution is 2.32. The summed E-state index contributed by atoms with van der Waals surface area (Å²) < 4.78 is 17.6. The molecule has 132 valence electrons. The Bertz CT molecular complexity index is 780. The number of ether oxygens (including phenoxy) is 3. The number of fused-ring (bicyclic) bond motifs is 1. The van der Waals surface area contributed by atoms with Crippen LogP contribution in [0.1, 0.15) is 12.0 Å². The Hall–Kier alpha value is -2.41. The topological polar surface area (TPSA) is 78.1 Å². The molecular weight excluding hydrogens is 386 g/mol. The van der Waals surface area contributed by atoms with Crippen LogP contribution in [-0.2, 0) is 6.54 Å². The largest absolute Gasteiger partial charge is 0.496 e. The second-order valence-electron chi connectivity index (χ2n) is 5.49. The van der Waals surface area contributed by atoms with Crippen molar-refractivity contribution in [3.8, 4) is 17.2 Å². The minimum Gasteiger partial charge on any atom is -0.496 e. The average Bonchev–Trinajstić information content (AvgIpc) is 2.85. The summed E-state index contributed by atoms with van der Waals surface area (Å²) in [6, 6.07) is 11.4. The highest BCUT2D eigenvalue weighted by molar-refractivity contribution is 9.10. The van der Waals surface area contributed by atoms with E-state index in [0.717, 1.165) is 33.6 Å². The Labute approximate surface area is 155 Å². The van der Waals surface area contributed by atoms with E-state index < -0.39 is 0 Å². The molecule has 1 heterocycles. The summed E-state index contributed by atoms with van der Waals surface area (Å²) >= 11 is 3.45. The number of rotatable bonds is 4. The molecule has 0 atom stereocenters. The van der Waals surface area contributed by atoms with Crippen molar-refractivity contribution in [2.75, 3.05) is 25.6 Å². The van der Waals surface area contributed by atoms with Gasteiger partial charge in [-0.3, -0.25) is 0 Å². The van der Waals surface area contributed by atoms with Gasteiger partial charge in [0.2, 0.25) is 0 Å². The lowest BCUT2D eigenvalue weighted by atomic mass is 10.2. The lowest BCUT2D eigenvalue weighted by molar-refractivity contribution is 0.297. The smallest absolute Gasteiger partial charge is 0.193 e. The summed E-state index contributed by atoms with van der Waals surface area (Å²) in [6.07, 6.45) is 0.871. The van der Waals surface area contributed by atoms with Crippen molar-refractivity contribution < 1.29 is 14.2 Å². The summed E-state index contributed by atoms with van der Waals surface area (Å²) in [5, 5.41) is 3.07. The maximum atomic E-state index is 6.00. The maximum Gasteiger partial charge on any atom is 0.193 e. The van der Waals surface area contributed by atoms with E-state index in [0.29, 0.717) is 31.5 Å². The molecule has 0 aromatic heterocycles. The average molecular weight is 406 g/mol. The Morgan fingerprint density at radius 1 is 1.20 bits per heavy atom. The van der Waals surface area contributed by atoms with Crippen LogP contribution < -0.4 is 25.3 Å². The van der Waals surface area contributed by atoms with Gasteiger partial charge in [-0.1, -0.05) is 15.9 Å². The fourth-order valence-electron chi connectivity index (χ4n) is 2.47. The Morgan fingerprint density at radius 3 is 2.80 bits per heavy atom. The van der Waals surface area contributed by atoms with Gasteiger partial charge in [0, 0.05) is 28.2 Å². The van der Waals surface area contributed by atoms with Crippen LogP contribution in [-0.4, -0.2) is 26.3 Å². The summed E-state index contributed by atoms with van der Waals surface area (Å²) in [7, 11) is 1.63. The molecular formula is C18H20BrN3O3. The fourth-order valence-corrected chi connectivity index (χ4v) is 2.88. The van der Waals surface area contributed by atoms with Crippen LogP contribution in [0, 0.1) is 0 Å². The number of nitrogens with two attached hydrogens (primary N) is 1. The van der Waals surface area contributed by atoms with Crippen LogP contribution in [0.4, 0.5) is 5.69 Å². The predicted octanol–water partition coefficient (Wildman–Crippen LogP) is 3.55. The first-order chi connectivity index (χ1) is 12.2. The minimum absolute atomic E-state index is 0.316. The third-order valence-electron chi connectivity index (χ3n) is 3.68. The molecule has 0 aliphatic carbocycles. The molecule has 0 radical (unpaired) electrons. The monoisotopic (exact) mass is 405 g/mol. The van der Waals surface area contributed by atoms with Gasteiger partial charge < -0.3 is 25.3 Å². The summed E-state index contributed by atoms with van der Waals surface area (Å²) in [6.45, 7) is 1.71. The number of guanidine groups is 1. The number of hydrogen-bond acceptors (Lipinski definition) is 4. The van der Waals surface area contributed by atoms with Crippen LogP contribution in [0.15, 0.2) is 45.9 Å². The zero-order valence-electron chi connectivity index (χ0n) is 13.9. The molecule has 2 aromatic rings. The van der Waals surface area contributed by atoms with Crippen LogP contribution >= 0.6 is 15.9 Å². The quantitative estimate of drug-likeness (QED) is 0.600. The van der Waals surface area contributed by atoms with Crippen LogP contribution in [0.25, 0.3) is 0 Å². The normalized spacial score (nSPS) is 13.9. The molecule has 3 N–H and O–H groups in total. The van der Waals surface area contributed by atoms with E-state index in [1.165, 1.54) is 0 Å². The number of nitrogens with zero attached hydrogens (tertiary/aromatic N) is 1. The number of aliphatic imine (C=N–C) groups is 1. The number of nitrogens with one attached hydrogen (secondary N) is 1. The highest BCUT2D eigenvalue weighted by atomic mass is 79.9. The molecule has 0 bridgehead atoms. The summed E-state index contributed by atoms with van der Waals surface area (Å²) in [5.41, 5.74) is 7.75. The van der Waals surface area contributed by atoms with Gasteiger partial charge in [-0.25, -0.2) is 4.99 Å². The fraction of sp³-hybridized carbons (Fsp3) is 0.278. The molecule has 0 unspecified atom stereocenters. The first-order valence-corrected chi connectivity index (χ1v) is 8.74. The lowest BCUT2D eigenvalue weighted by Crippen LogP contribution is -2.22. The van der Waals surface area contributed by atoms with Gasteiger partial charge in [-0.15, -0.1) is 0 Å². The third-order valence-corrected chi connectivity index (χ3v) is 4.18. The van der Waals surface area contributed by atoms with E-state index in [-0.39, 0.29) is 0 Å². The zero-order valence-corrected chi connectivity index (χ0v) is 15.5. The summed E-state index contributed by atoms with van der Waals surface area (Å²) in [5.74, 6) is 2.55. The van der Waals surface area contributed by atoms with Gasteiger partial charge in [-0.05, 0) is 30.3 Å². The maximum absolute atomic E-state index is 6.00. The Kier molecular flexibility index (Phi) is 5.65. The highest BCUT2D eigenvalue weighted by Gasteiger charge is 2.11. The zero-order chi connectivity index (χ0) is 17.6. The van der Waals surface area contributed by atoms with E-state index in [9.17, 15) is 0 Å². The van der Waals surface area contributed by atoms with E-state index in [1.54, 1.807) is 7.11 Å². The molecule has 6 nitrogen and oxygen atoms in total. The third kappa shape index (κ3) is 4.57. The van der Waals surface area contributed by atoms with Crippen LogP contribution in [0.2, 0.25) is 0 Å². The van der Waals surface area contributed by atoms with Crippen molar-refractivity contribution >= 4 is 27.6 Å². The molecule has 1 aliphatic heterocycles. The van der Waals surface area contributed by atoms with Crippen molar-refractivity contribution in [1.82, 2.24) is 0 Å². The standard InChI is InChI=1S/C18H20BrN3O3/c1-23-15-5-3-13(19)9-12(15)11-21-18(20)22-14-4-6-16-17(10-14)25-8-2-7-24-16/h3-6,9-10H,2,7-8,11H2,1H3,(H3,20,21,22). The second kappa shape index (κ2) is 8.11. The molecule has 0 saturated carbocycles. The Morgan fingerprint density at radius 2 is 2.00 bits per heavy atom. The molecule has 0 amide bonds. The van der Waals surface area contributed by atoms with E-state index in [4.69, 9.17) is 19.9 Å². The van der Waals surface area contributed by atoms with E-state index >= 15 is 0 Å². The number of benzene rings is 2. The summed E-state index contributed by atoms with van der Waals surface area (Å²) in [4.78, 5) is 4.38. The number of anilines is 1. The Balaban J connectivity index is 1.70. The van der Waals surface area contributed by atoms with Gasteiger partial charge in [0.05, 0.1) is 26.9 Å². The van der Waals surface area contributed by atoms with Gasteiger partial charge in [-0.2, -0.15) is 0 Å². The predicted molar refractivity (Wildman–Crippen MR) is 102 cm³/mol. The van der Waals surface area contributed by atoms with E-state index in [2.05, 4.69) is 26.2 Å². The van der Waals surface area contributed by atoms with Gasteiger partial charge in [0.15, 0.2) is 17.5 Å². The molecule has 25 heavy (non-hydrogen) atoms. The SMILES string of the molecule is COc1ccc(Br)cc1CN=C(N)Nc1ccc2c(c1)OCCCO2. The molecule has 0 spiro atoms. The lowest BCUT2D eigenvalue weighted by Gasteiger charge is -2.11. The molecule has 7 heteroatoms. The van der Waals surface area contributed by atoms with E-state index in [1.807, 2.05) is 36.4 Å². The van der Waals surface area contributed by atoms with Crippen molar-refractivity contribution in [1.29, 1.82) is 0 Å². The van der Waals surface area contributed by atoms with Crippen molar-refractivity contribution in [2.45, 2.75) is 13.0 Å². The van der Waals surface area contributed by atoms with Gasteiger partial charge in [0.1, 0.15) is 5.75 Å². The second-order valence-corrected chi connectivity index (χ2v) is 6.41. The van der Waals surface area contributed by atoms with Crippen molar-refractivity contribution in [3.63, 3.8) is 0 Å². The number of halogens is 1. The first kappa shape index (κ1) is 17.4. The van der Waals surface area contributed by atoms with Crippen LogP contribution in [0.3, 0.4) is 0 Å². The molecule has 1 aliphatic rings.